The minimum atomic E-state index is -1.63. The van der Waals surface area contributed by atoms with Crippen LogP contribution in [0.5, 0.6) is 0 Å². The molecule has 1 heterocycles. The minimum Gasteiger partial charge on any atom is -0.454 e. The number of aliphatic hydroxyl groups excluding tert-OH is 5. The number of hydrogen-bond acceptors (Lipinski definition) is 10. The van der Waals surface area contributed by atoms with E-state index in [1.54, 1.807) is 6.08 Å². The monoisotopic (exact) mass is 1220 g/mol. The van der Waals surface area contributed by atoms with Crippen molar-refractivity contribution in [3.63, 3.8) is 0 Å². The van der Waals surface area contributed by atoms with Gasteiger partial charge in [-0.15, -0.1) is 0 Å². The molecule has 1 saturated heterocycles. The Hall–Kier alpha value is -3.68. The van der Waals surface area contributed by atoms with Gasteiger partial charge in [0.2, 0.25) is 5.91 Å². The van der Waals surface area contributed by atoms with Gasteiger partial charge in [0.25, 0.3) is 0 Å². The topological polar surface area (TPSA) is 175 Å². The first-order valence-corrected chi connectivity index (χ1v) is 35.7. The molecule has 11 nitrogen and oxygen atoms in total. The van der Waals surface area contributed by atoms with E-state index in [2.05, 4.69) is 123 Å². The van der Waals surface area contributed by atoms with Crippen LogP contribution < -0.4 is 5.32 Å². The summed E-state index contributed by atoms with van der Waals surface area (Å²) < 4.78 is 17.7. The number of esters is 1. The predicted molar refractivity (Wildman–Crippen MR) is 365 cm³/mol. The number of rotatable bonds is 60. The second-order valence-corrected chi connectivity index (χ2v) is 24.2. The fourth-order valence-electron chi connectivity index (χ4n) is 10.6. The van der Waals surface area contributed by atoms with E-state index in [1.165, 1.54) is 148 Å². The zero-order valence-corrected chi connectivity index (χ0v) is 55.6. The van der Waals surface area contributed by atoms with Crippen molar-refractivity contribution in [1.82, 2.24) is 5.32 Å². The Kier molecular flexibility index (Phi) is 58.4. The summed E-state index contributed by atoms with van der Waals surface area (Å²) >= 11 is 0. The largest absolute Gasteiger partial charge is 0.454 e. The van der Waals surface area contributed by atoms with Crippen LogP contribution >= 0.6 is 0 Å². The van der Waals surface area contributed by atoms with Gasteiger partial charge < -0.3 is 45.1 Å². The minimum absolute atomic E-state index is 0.0800. The number of unbranched alkanes of at least 4 members (excludes halogenated alkanes) is 30. The summed E-state index contributed by atoms with van der Waals surface area (Å²) in [4.78, 5) is 26.7. The lowest BCUT2D eigenvalue weighted by Gasteiger charge is -2.41. The molecule has 0 spiro atoms. The molecule has 0 radical (unpaired) electrons. The molecule has 8 unspecified atom stereocenters. The molecule has 87 heavy (non-hydrogen) atoms. The highest BCUT2D eigenvalue weighted by Gasteiger charge is 2.47. The van der Waals surface area contributed by atoms with E-state index >= 15 is 0 Å². The average molecular weight is 1220 g/mol. The van der Waals surface area contributed by atoms with Gasteiger partial charge in [0.15, 0.2) is 12.4 Å². The Balaban J connectivity index is 2.60. The lowest BCUT2D eigenvalue weighted by Crippen LogP contribution is -2.61. The molecule has 1 aliphatic heterocycles. The molecule has 1 rings (SSSR count). The summed E-state index contributed by atoms with van der Waals surface area (Å²) in [5.41, 5.74) is 0. The molecular weight excluding hydrogens is 1090 g/mol. The normalized spacial score (nSPS) is 18.9. The SMILES string of the molecule is CC/C=C\C/C=C\C/C=C\C/C=C\C/C=C\CCCCCC(=O)OC1C(OCC(NC(=O)C(O)CCCCCCCCCCCCCCC/C=C\C/C=C\C/C=C\CCCCC)C(O)/C=C/CCCCCCCCCCCCC)OC(CO)C(O)C1O. The number of hydrogen-bond donors (Lipinski definition) is 6. The van der Waals surface area contributed by atoms with E-state index in [9.17, 15) is 35.1 Å². The smallest absolute Gasteiger partial charge is 0.306 e. The lowest BCUT2D eigenvalue weighted by atomic mass is 9.99. The second-order valence-electron chi connectivity index (χ2n) is 24.2. The van der Waals surface area contributed by atoms with Gasteiger partial charge in [-0.05, 0) is 109 Å². The molecule has 0 bridgehead atoms. The van der Waals surface area contributed by atoms with Gasteiger partial charge in [0, 0.05) is 6.42 Å². The van der Waals surface area contributed by atoms with Crippen LogP contribution in [0.2, 0.25) is 0 Å². The third kappa shape index (κ3) is 49.7. The average Bonchev–Trinajstić information content (AvgIpc) is 2.51. The van der Waals surface area contributed by atoms with Crippen molar-refractivity contribution < 1.29 is 49.3 Å². The third-order valence-corrected chi connectivity index (χ3v) is 16.2. The standard InChI is InChI=1S/C76H131NO10/c1-4-7-10-13-16-19-22-25-27-29-31-32-33-34-35-36-37-39-40-42-45-48-51-54-57-60-63-69(80)75(84)77-67(68(79)62-59-56-53-50-47-44-24-21-18-15-12-9-6-3)66-85-76-74(73(83)72(82)70(65-78)86-76)87-71(81)64-61-58-55-52-49-46-43-41-38-30-28-26-23-20-17-14-11-8-5-2/h8,11,16-17,19-20,25-28,31-32,38,41,46,49,59,62,67-70,72-74,76,78-80,82-83H,4-7,9-10,12-15,18,21-24,29-30,33-37,39-40,42-45,47-48,50-58,60-61,63-66H2,1-3H3,(H,77,84)/b11-8-,19-16-,20-17-,27-25-,28-26-,32-31-,41-38-,49-46-,62-59+. The lowest BCUT2D eigenvalue weighted by molar-refractivity contribution is -0.305. The summed E-state index contributed by atoms with van der Waals surface area (Å²) in [6.07, 6.45) is 75.5. The van der Waals surface area contributed by atoms with E-state index < -0.39 is 67.4 Å². The maximum absolute atomic E-state index is 13.5. The molecule has 0 saturated carbocycles. The van der Waals surface area contributed by atoms with Gasteiger partial charge in [0.1, 0.15) is 24.4 Å². The maximum atomic E-state index is 13.5. The molecule has 6 N–H and O–H groups in total. The summed E-state index contributed by atoms with van der Waals surface area (Å²) in [5.74, 6) is -1.23. The number of amides is 1. The van der Waals surface area contributed by atoms with Crippen molar-refractivity contribution in [2.75, 3.05) is 13.2 Å². The first kappa shape index (κ1) is 81.3. The number of allylic oxidation sites excluding steroid dienone is 17. The fraction of sp³-hybridized carbons (Fsp3) is 0.737. The zero-order chi connectivity index (χ0) is 63.1. The molecule has 8 atom stereocenters. The Morgan fingerprint density at radius 3 is 1.26 bits per heavy atom. The number of aliphatic hydroxyl groups is 5. The van der Waals surface area contributed by atoms with E-state index in [-0.39, 0.29) is 19.4 Å². The Bertz CT molecular complexity index is 1830. The van der Waals surface area contributed by atoms with Crippen LogP contribution in [0, 0.1) is 0 Å². The van der Waals surface area contributed by atoms with Crippen molar-refractivity contribution in [3.05, 3.63) is 109 Å². The van der Waals surface area contributed by atoms with E-state index in [1.807, 2.05) is 6.08 Å². The molecule has 0 aliphatic carbocycles. The van der Waals surface area contributed by atoms with Crippen LogP contribution in [-0.2, 0) is 23.8 Å². The highest BCUT2D eigenvalue weighted by Crippen LogP contribution is 2.26. The summed E-state index contributed by atoms with van der Waals surface area (Å²) in [6.45, 7) is 5.65. The van der Waals surface area contributed by atoms with Crippen molar-refractivity contribution in [2.24, 2.45) is 0 Å². The predicted octanol–water partition coefficient (Wildman–Crippen LogP) is 18.4. The van der Waals surface area contributed by atoms with E-state index in [0.29, 0.717) is 12.8 Å². The zero-order valence-electron chi connectivity index (χ0n) is 55.6. The Labute approximate surface area is 532 Å². The second kappa shape index (κ2) is 62.5. The quantitative estimate of drug-likeness (QED) is 0.0195. The molecule has 1 fully saturated rings. The molecule has 0 aromatic rings. The van der Waals surface area contributed by atoms with Gasteiger partial charge in [-0.3, -0.25) is 9.59 Å². The van der Waals surface area contributed by atoms with Crippen molar-refractivity contribution >= 4 is 11.9 Å². The molecular formula is C76H131NO10. The number of carbonyl (C=O) groups excluding carboxylic acids is 2. The van der Waals surface area contributed by atoms with E-state index in [4.69, 9.17) is 14.2 Å². The van der Waals surface area contributed by atoms with Crippen LogP contribution in [0.15, 0.2) is 109 Å². The molecule has 0 aromatic heterocycles. The summed E-state index contributed by atoms with van der Waals surface area (Å²) in [6, 6.07) is -1.04. The summed E-state index contributed by atoms with van der Waals surface area (Å²) in [5, 5.41) is 57.3. The molecule has 500 valence electrons. The van der Waals surface area contributed by atoms with Gasteiger partial charge in [-0.2, -0.15) is 0 Å². The van der Waals surface area contributed by atoms with Gasteiger partial charge in [-0.25, -0.2) is 0 Å². The van der Waals surface area contributed by atoms with Crippen molar-refractivity contribution in [2.45, 2.75) is 346 Å². The highest BCUT2D eigenvalue weighted by molar-refractivity contribution is 5.80. The van der Waals surface area contributed by atoms with Crippen LogP contribution in [0.3, 0.4) is 0 Å². The molecule has 1 aliphatic rings. The van der Waals surface area contributed by atoms with Gasteiger partial charge >= 0.3 is 5.97 Å². The number of ether oxygens (including phenoxy) is 3. The van der Waals surface area contributed by atoms with Gasteiger partial charge in [-0.1, -0.05) is 291 Å². The highest BCUT2D eigenvalue weighted by atomic mass is 16.7. The first-order valence-electron chi connectivity index (χ1n) is 35.7. The van der Waals surface area contributed by atoms with Crippen molar-refractivity contribution in [1.29, 1.82) is 0 Å². The first-order chi connectivity index (χ1) is 42.7. The van der Waals surface area contributed by atoms with Crippen LogP contribution in [0.4, 0.5) is 0 Å². The van der Waals surface area contributed by atoms with Crippen molar-refractivity contribution in [3.8, 4) is 0 Å². The van der Waals surface area contributed by atoms with Crippen LogP contribution in [0.1, 0.15) is 297 Å². The number of nitrogens with one attached hydrogen (secondary N) is 1. The molecule has 1 amide bonds. The molecule has 11 heteroatoms. The van der Waals surface area contributed by atoms with E-state index in [0.717, 1.165) is 103 Å². The van der Waals surface area contributed by atoms with Crippen LogP contribution in [0.25, 0.3) is 0 Å². The maximum Gasteiger partial charge on any atom is 0.306 e. The third-order valence-electron chi connectivity index (χ3n) is 16.2. The van der Waals surface area contributed by atoms with Gasteiger partial charge in [0.05, 0.1) is 25.4 Å². The Morgan fingerprint density at radius 2 is 0.828 bits per heavy atom. The number of carbonyl (C=O) groups is 2. The van der Waals surface area contributed by atoms with Crippen LogP contribution in [-0.4, -0.2) is 99.6 Å². The fourth-order valence-corrected chi connectivity index (χ4v) is 10.6. The molecule has 0 aromatic carbocycles. The summed E-state index contributed by atoms with van der Waals surface area (Å²) in [7, 11) is 0. The Morgan fingerprint density at radius 1 is 0.460 bits per heavy atom.